The van der Waals surface area contributed by atoms with E-state index in [1.54, 1.807) is 24.5 Å². The Kier molecular flexibility index (Phi) is 5.06. The summed E-state index contributed by atoms with van der Waals surface area (Å²) in [5, 5.41) is 4.25. The quantitative estimate of drug-likeness (QED) is 0.698. The van der Waals surface area contributed by atoms with Crippen LogP contribution in [0.4, 0.5) is 0 Å². The van der Waals surface area contributed by atoms with Gasteiger partial charge in [-0.15, -0.1) is 11.3 Å². The third-order valence-electron chi connectivity index (χ3n) is 6.24. The third-order valence-corrected chi connectivity index (χ3v) is 7.25. The van der Waals surface area contributed by atoms with Gasteiger partial charge in [0.1, 0.15) is 5.01 Å². The summed E-state index contributed by atoms with van der Waals surface area (Å²) in [5.74, 6) is 0.0994. The lowest BCUT2D eigenvalue weighted by atomic mass is 9.96. The second kappa shape index (κ2) is 7.84. The summed E-state index contributed by atoms with van der Waals surface area (Å²) in [7, 11) is 0. The summed E-state index contributed by atoms with van der Waals surface area (Å²) in [5.41, 5.74) is 3.51. The van der Waals surface area contributed by atoms with Gasteiger partial charge in [0.05, 0.1) is 4.70 Å². The molecule has 0 spiro atoms. The van der Waals surface area contributed by atoms with E-state index in [1.807, 2.05) is 6.07 Å². The van der Waals surface area contributed by atoms with Crippen LogP contribution in [0, 0.1) is 0 Å². The summed E-state index contributed by atoms with van der Waals surface area (Å²) in [6.07, 6.45) is 7.33. The molecule has 2 bridgehead atoms. The van der Waals surface area contributed by atoms with Gasteiger partial charge >= 0.3 is 0 Å². The van der Waals surface area contributed by atoms with Crippen LogP contribution >= 0.6 is 11.3 Å². The maximum absolute atomic E-state index is 11.4. The zero-order chi connectivity index (χ0) is 19.8. The molecule has 5 rings (SSSR count). The van der Waals surface area contributed by atoms with Crippen LogP contribution < -0.4 is 5.32 Å². The molecule has 2 aromatic heterocycles. The SMILES string of the molecule is CC(=O)N[C@H]1C[C@H]2CC[C@@H](C1)N2Cc1ccc(Cc2nc3ncccc3s2)cc1. The van der Waals surface area contributed by atoms with Crippen molar-refractivity contribution < 1.29 is 4.79 Å². The lowest BCUT2D eigenvalue weighted by Crippen LogP contribution is -2.49. The van der Waals surface area contributed by atoms with Gasteiger partial charge in [0.2, 0.25) is 5.91 Å². The first kappa shape index (κ1) is 18.7. The number of benzene rings is 1. The molecule has 0 unspecified atom stereocenters. The molecule has 3 atom stereocenters. The number of nitrogens with one attached hydrogen (secondary N) is 1. The maximum atomic E-state index is 11.4. The molecule has 2 aliphatic heterocycles. The molecule has 4 heterocycles. The number of pyridine rings is 1. The van der Waals surface area contributed by atoms with E-state index >= 15 is 0 Å². The molecule has 1 amide bonds. The average molecular weight is 407 g/mol. The van der Waals surface area contributed by atoms with Gasteiger partial charge in [-0.1, -0.05) is 24.3 Å². The van der Waals surface area contributed by atoms with Gasteiger partial charge in [-0.05, 0) is 48.9 Å². The van der Waals surface area contributed by atoms with Gasteiger partial charge in [0.25, 0.3) is 0 Å². The van der Waals surface area contributed by atoms with E-state index in [0.29, 0.717) is 18.1 Å². The molecule has 1 N–H and O–H groups in total. The fraction of sp³-hybridized carbons (Fsp3) is 0.435. The van der Waals surface area contributed by atoms with E-state index < -0.39 is 0 Å². The molecule has 3 aromatic rings. The van der Waals surface area contributed by atoms with E-state index in [4.69, 9.17) is 0 Å². The first-order chi connectivity index (χ1) is 14.1. The minimum absolute atomic E-state index is 0.0994. The highest BCUT2D eigenvalue weighted by molar-refractivity contribution is 7.18. The van der Waals surface area contributed by atoms with Gasteiger partial charge in [-0.2, -0.15) is 0 Å². The molecule has 0 aliphatic carbocycles. The highest BCUT2D eigenvalue weighted by Gasteiger charge is 2.40. The highest BCUT2D eigenvalue weighted by atomic mass is 32.1. The number of amides is 1. The van der Waals surface area contributed by atoms with Crippen LogP contribution in [0.5, 0.6) is 0 Å². The number of carbonyl (C=O) groups is 1. The summed E-state index contributed by atoms with van der Waals surface area (Å²) >= 11 is 1.73. The van der Waals surface area contributed by atoms with E-state index in [0.717, 1.165) is 41.2 Å². The molecule has 1 aromatic carbocycles. The Morgan fingerprint density at radius 2 is 1.86 bits per heavy atom. The average Bonchev–Trinajstić information content (AvgIpc) is 3.20. The van der Waals surface area contributed by atoms with Crippen LogP contribution in [-0.4, -0.2) is 38.9 Å². The van der Waals surface area contributed by atoms with Crippen LogP contribution in [0.3, 0.4) is 0 Å². The van der Waals surface area contributed by atoms with E-state index in [-0.39, 0.29) is 5.91 Å². The Bertz CT molecular complexity index is 968. The molecular formula is C23H26N4OS. The van der Waals surface area contributed by atoms with E-state index in [9.17, 15) is 4.79 Å². The first-order valence-electron chi connectivity index (χ1n) is 10.4. The van der Waals surface area contributed by atoms with E-state index in [2.05, 4.69) is 50.5 Å². The van der Waals surface area contributed by atoms with Gasteiger partial charge in [0.15, 0.2) is 5.65 Å². The molecule has 150 valence electrons. The van der Waals surface area contributed by atoms with Crippen LogP contribution in [0.1, 0.15) is 48.7 Å². The number of aromatic nitrogens is 2. The molecule has 2 saturated heterocycles. The lowest BCUT2D eigenvalue weighted by Gasteiger charge is -2.39. The number of thiazole rings is 1. The maximum Gasteiger partial charge on any atom is 0.217 e. The lowest BCUT2D eigenvalue weighted by molar-refractivity contribution is -0.120. The van der Waals surface area contributed by atoms with Crippen LogP contribution in [0.25, 0.3) is 10.3 Å². The molecule has 29 heavy (non-hydrogen) atoms. The fourth-order valence-corrected chi connectivity index (χ4v) is 5.94. The zero-order valence-electron chi connectivity index (χ0n) is 16.7. The van der Waals surface area contributed by atoms with Crippen LogP contribution in [-0.2, 0) is 17.8 Å². The number of rotatable bonds is 5. The first-order valence-corrected chi connectivity index (χ1v) is 11.3. The molecule has 0 radical (unpaired) electrons. The van der Waals surface area contributed by atoms with Crippen molar-refractivity contribution in [1.29, 1.82) is 0 Å². The molecule has 0 saturated carbocycles. The minimum Gasteiger partial charge on any atom is -0.353 e. The normalized spacial score (nSPS) is 24.1. The topological polar surface area (TPSA) is 58.1 Å². The Balaban J connectivity index is 1.22. The van der Waals surface area contributed by atoms with Gasteiger partial charge in [-0.25, -0.2) is 9.97 Å². The molecular weight excluding hydrogens is 380 g/mol. The monoisotopic (exact) mass is 406 g/mol. The Labute approximate surface area is 175 Å². The second-order valence-electron chi connectivity index (χ2n) is 8.35. The van der Waals surface area contributed by atoms with Crippen molar-refractivity contribution in [2.75, 3.05) is 0 Å². The Morgan fingerprint density at radius 3 is 2.55 bits per heavy atom. The minimum atomic E-state index is 0.0994. The third kappa shape index (κ3) is 4.05. The number of hydrogen-bond acceptors (Lipinski definition) is 5. The summed E-state index contributed by atoms with van der Waals surface area (Å²) in [6, 6.07) is 14.6. The largest absolute Gasteiger partial charge is 0.353 e. The van der Waals surface area contributed by atoms with Crippen LogP contribution in [0.2, 0.25) is 0 Å². The number of piperidine rings is 1. The standard InChI is InChI=1S/C23H26N4OS/c1-15(28)25-18-12-19-8-9-20(13-18)27(19)14-17-6-4-16(5-7-17)11-22-26-23-21(29-22)3-2-10-24-23/h2-7,10,18-20H,8-9,11-14H2,1H3,(H,25,28)/t18-,19+,20-. The van der Waals surface area contributed by atoms with Crippen molar-refractivity contribution >= 4 is 27.6 Å². The van der Waals surface area contributed by atoms with Crippen molar-refractivity contribution in [2.45, 2.75) is 63.7 Å². The number of nitrogens with zero attached hydrogens (tertiary/aromatic N) is 3. The van der Waals surface area contributed by atoms with E-state index in [1.165, 1.54) is 24.0 Å². The fourth-order valence-electron chi connectivity index (χ4n) is 4.97. The summed E-state index contributed by atoms with van der Waals surface area (Å²) in [4.78, 5) is 23.0. The van der Waals surface area contributed by atoms with Gasteiger partial charge < -0.3 is 5.32 Å². The summed E-state index contributed by atoms with van der Waals surface area (Å²) in [6.45, 7) is 2.63. The summed E-state index contributed by atoms with van der Waals surface area (Å²) < 4.78 is 1.15. The number of hydrogen-bond donors (Lipinski definition) is 1. The van der Waals surface area contributed by atoms with Crippen LogP contribution in [0.15, 0.2) is 42.6 Å². The smallest absolute Gasteiger partial charge is 0.217 e. The molecule has 2 aliphatic rings. The second-order valence-corrected chi connectivity index (χ2v) is 9.47. The molecule has 5 nitrogen and oxygen atoms in total. The van der Waals surface area contributed by atoms with Crippen molar-refractivity contribution in [3.8, 4) is 0 Å². The molecule has 2 fully saturated rings. The highest BCUT2D eigenvalue weighted by Crippen LogP contribution is 2.37. The Hall–Kier alpha value is -2.31. The number of fused-ring (bicyclic) bond motifs is 3. The van der Waals surface area contributed by atoms with Crippen molar-refractivity contribution in [2.24, 2.45) is 0 Å². The van der Waals surface area contributed by atoms with Gasteiger partial charge in [-0.3, -0.25) is 9.69 Å². The van der Waals surface area contributed by atoms with Crippen molar-refractivity contribution in [3.05, 3.63) is 58.7 Å². The van der Waals surface area contributed by atoms with Crippen molar-refractivity contribution in [3.63, 3.8) is 0 Å². The Morgan fingerprint density at radius 1 is 1.14 bits per heavy atom. The zero-order valence-corrected chi connectivity index (χ0v) is 17.5. The van der Waals surface area contributed by atoms with Crippen molar-refractivity contribution in [1.82, 2.24) is 20.2 Å². The van der Waals surface area contributed by atoms with Gasteiger partial charge in [0, 0.05) is 44.2 Å². The predicted octanol–water partition coefficient (Wildman–Crippen LogP) is 3.91. The number of carbonyl (C=O) groups excluding carboxylic acids is 1. The molecule has 6 heteroatoms. The predicted molar refractivity (Wildman–Crippen MR) is 116 cm³/mol.